The number of carbonyl (C=O) groups excluding carboxylic acids is 1. The Bertz CT molecular complexity index is 1260. The zero-order valence-electron chi connectivity index (χ0n) is 16.7. The molecule has 1 aromatic heterocycles. The summed E-state index contributed by atoms with van der Waals surface area (Å²) >= 11 is 5.90. The second-order valence-corrected chi connectivity index (χ2v) is 9.32. The number of anilines is 1. The lowest BCUT2D eigenvalue weighted by molar-refractivity contribution is 0.103. The van der Waals surface area contributed by atoms with Crippen LogP contribution in [0.1, 0.15) is 51.3 Å². The van der Waals surface area contributed by atoms with Crippen molar-refractivity contribution in [1.29, 1.82) is 5.26 Å². The van der Waals surface area contributed by atoms with Crippen LogP contribution in [0.3, 0.4) is 0 Å². The van der Waals surface area contributed by atoms with Gasteiger partial charge in [-0.1, -0.05) is 24.6 Å². The van der Waals surface area contributed by atoms with Gasteiger partial charge in [-0.2, -0.15) is 5.26 Å². The molecule has 2 N–H and O–H groups in total. The number of hydrogen-bond acceptors (Lipinski definition) is 4. The van der Waals surface area contributed by atoms with E-state index in [1.54, 1.807) is 42.5 Å². The number of benzene rings is 2. The highest BCUT2D eigenvalue weighted by Crippen LogP contribution is 2.29. The predicted molar refractivity (Wildman–Crippen MR) is 118 cm³/mol. The van der Waals surface area contributed by atoms with Gasteiger partial charge >= 0.3 is 0 Å². The lowest BCUT2D eigenvalue weighted by Crippen LogP contribution is -2.11. The average molecular weight is 442 g/mol. The topological polar surface area (TPSA) is 103 Å². The van der Waals surface area contributed by atoms with Gasteiger partial charge in [-0.15, -0.1) is 0 Å². The van der Waals surface area contributed by atoms with Crippen molar-refractivity contribution in [3.05, 3.63) is 87.2 Å². The van der Waals surface area contributed by atoms with E-state index in [0.717, 1.165) is 23.1 Å². The van der Waals surface area contributed by atoms with Crippen LogP contribution in [-0.2, 0) is 10.0 Å². The van der Waals surface area contributed by atoms with E-state index in [4.69, 9.17) is 11.6 Å². The summed E-state index contributed by atoms with van der Waals surface area (Å²) in [6.07, 6.45) is 1.03. The standard InChI is InChI=1S/C22H20ClN3O3S/c1-13-10-20(25-21(13)22(27)15-4-7-18(23)8-5-15)14(2)16-6-9-19(17(11-16)12-24)26-30(3,28)29/h4-11,14,25-26H,1-3H3. The van der Waals surface area contributed by atoms with Gasteiger partial charge in [0.25, 0.3) is 0 Å². The Kier molecular flexibility index (Phi) is 6.01. The van der Waals surface area contributed by atoms with Crippen molar-refractivity contribution < 1.29 is 13.2 Å². The van der Waals surface area contributed by atoms with Crippen LogP contribution < -0.4 is 4.72 Å². The molecule has 0 radical (unpaired) electrons. The number of aryl methyl sites for hydroxylation is 1. The van der Waals surface area contributed by atoms with Gasteiger partial charge in [0.1, 0.15) is 6.07 Å². The highest BCUT2D eigenvalue weighted by atomic mass is 35.5. The van der Waals surface area contributed by atoms with Crippen LogP contribution in [0, 0.1) is 18.3 Å². The first-order valence-electron chi connectivity index (χ1n) is 9.10. The number of carbonyl (C=O) groups is 1. The fraction of sp³-hybridized carbons (Fsp3) is 0.182. The molecule has 30 heavy (non-hydrogen) atoms. The van der Waals surface area contributed by atoms with Gasteiger partial charge < -0.3 is 4.98 Å². The van der Waals surface area contributed by atoms with Crippen molar-refractivity contribution in [1.82, 2.24) is 4.98 Å². The minimum Gasteiger partial charge on any atom is -0.355 e. The van der Waals surface area contributed by atoms with Crippen molar-refractivity contribution in [2.45, 2.75) is 19.8 Å². The molecule has 1 unspecified atom stereocenters. The first kappa shape index (κ1) is 21.6. The molecule has 0 aliphatic heterocycles. The Hall–Kier alpha value is -3.08. The third kappa shape index (κ3) is 4.73. The van der Waals surface area contributed by atoms with Crippen molar-refractivity contribution in [2.75, 3.05) is 11.0 Å². The van der Waals surface area contributed by atoms with Gasteiger partial charge in [-0.05, 0) is 60.5 Å². The average Bonchev–Trinajstić information content (AvgIpc) is 3.08. The number of sulfonamides is 1. The molecular formula is C22H20ClN3O3S. The van der Waals surface area contributed by atoms with Gasteiger partial charge in [0.15, 0.2) is 0 Å². The Balaban J connectivity index is 1.92. The van der Waals surface area contributed by atoms with Crippen molar-refractivity contribution in [3.8, 4) is 6.07 Å². The van der Waals surface area contributed by atoms with Crippen LogP contribution in [0.2, 0.25) is 5.02 Å². The van der Waals surface area contributed by atoms with Gasteiger partial charge in [0, 0.05) is 22.2 Å². The van der Waals surface area contributed by atoms with Crippen LogP contribution >= 0.6 is 11.6 Å². The minimum absolute atomic E-state index is 0.131. The van der Waals surface area contributed by atoms with Gasteiger partial charge in [-0.25, -0.2) is 8.42 Å². The number of nitrogens with one attached hydrogen (secondary N) is 2. The maximum atomic E-state index is 12.8. The van der Waals surface area contributed by atoms with Crippen LogP contribution in [0.4, 0.5) is 5.69 Å². The molecule has 3 aromatic rings. The molecule has 0 saturated heterocycles. The molecule has 0 amide bonds. The van der Waals surface area contributed by atoms with E-state index < -0.39 is 10.0 Å². The van der Waals surface area contributed by atoms with E-state index in [2.05, 4.69) is 9.71 Å². The Morgan fingerprint density at radius 2 is 1.83 bits per heavy atom. The summed E-state index contributed by atoms with van der Waals surface area (Å²) in [5.41, 5.74) is 3.94. The summed E-state index contributed by atoms with van der Waals surface area (Å²) in [5.74, 6) is -0.275. The minimum atomic E-state index is -3.49. The Morgan fingerprint density at radius 1 is 1.17 bits per heavy atom. The predicted octanol–water partition coefficient (Wildman–Crippen LogP) is 4.60. The van der Waals surface area contributed by atoms with E-state index in [1.807, 2.05) is 26.0 Å². The number of nitrogens with zero attached hydrogens (tertiary/aromatic N) is 1. The molecule has 0 saturated carbocycles. The van der Waals surface area contributed by atoms with E-state index in [9.17, 15) is 18.5 Å². The molecule has 0 bridgehead atoms. The highest BCUT2D eigenvalue weighted by Gasteiger charge is 2.19. The largest absolute Gasteiger partial charge is 0.355 e. The van der Waals surface area contributed by atoms with Gasteiger partial charge in [0.2, 0.25) is 15.8 Å². The van der Waals surface area contributed by atoms with Gasteiger partial charge in [-0.3, -0.25) is 9.52 Å². The van der Waals surface area contributed by atoms with E-state index in [1.165, 1.54) is 0 Å². The van der Waals surface area contributed by atoms with E-state index in [-0.39, 0.29) is 23.0 Å². The zero-order chi connectivity index (χ0) is 22.1. The molecular weight excluding hydrogens is 422 g/mol. The molecule has 2 aromatic carbocycles. The number of aromatic amines is 1. The molecule has 0 fully saturated rings. The van der Waals surface area contributed by atoms with E-state index >= 15 is 0 Å². The lowest BCUT2D eigenvalue weighted by atomic mass is 9.95. The first-order valence-corrected chi connectivity index (χ1v) is 11.4. The second-order valence-electron chi connectivity index (χ2n) is 7.13. The molecule has 8 heteroatoms. The lowest BCUT2D eigenvalue weighted by Gasteiger charge is -2.13. The molecule has 0 aliphatic rings. The van der Waals surface area contributed by atoms with Crippen molar-refractivity contribution >= 4 is 33.1 Å². The van der Waals surface area contributed by atoms with Crippen LogP contribution in [0.25, 0.3) is 0 Å². The quantitative estimate of drug-likeness (QED) is 0.545. The fourth-order valence-corrected chi connectivity index (χ4v) is 3.89. The highest BCUT2D eigenvalue weighted by molar-refractivity contribution is 7.92. The molecule has 1 heterocycles. The van der Waals surface area contributed by atoms with Gasteiger partial charge in [0.05, 0.1) is 23.2 Å². The van der Waals surface area contributed by atoms with E-state index in [0.29, 0.717) is 16.3 Å². The molecule has 1 atom stereocenters. The molecule has 0 aliphatic carbocycles. The molecule has 3 rings (SSSR count). The first-order chi connectivity index (χ1) is 14.1. The molecule has 6 nitrogen and oxygen atoms in total. The summed E-state index contributed by atoms with van der Waals surface area (Å²) in [5, 5.41) is 9.97. The second kappa shape index (κ2) is 8.34. The number of ketones is 1. The number of rotatable bonds is 6. The maximum Gasteiger partial charge on any atom is 0.229 e. The fourth-order valence-electron chi connectivity index (χ4n) is 3.19. The number of halogens is 1. The Labute approximate surface area is 180 Å². The summed E-state index contributed by atoms with van der Waals surface area (Å²) in [4.78, 5) is 16.1. The maximum absolute atomic E-state index is 12.8. The summed E-state index contributed by atoms with van der Waals surface area (Å²) in [6, 6.07) is 15.6. The normalized spacial score (nSPS) is 12.2. The van der Waals surface area contributed by atoms with Crippen LogP contribution in [0.15, 0.2) is 48.5 Å². The number of H-pyrrole nitrogens is 1. The summed E-state index contributed by atoms with van der Waals surface area (Å²) < 4.78 is 25.3. The van der Waals surface area contributed by atoms with Crippen molar-refractivity contribution in [3.63, 3.8) is 0 Å². The smallest absolute Gasteiger partial charge is 0.229 e. The summed E-state index contributed by atoms with van der Waals surface area (Å²) in [7, 11) is -3.49. The SMILES string of the molecule is Cc1cc(C(C)c2ccc(NS(C)(=O)=O)c(C#N)c2)[nH]c1C(=O)c1ccc(Cl)cc1. The third-order valence-electron chi connectivity index (χ3n) is 4.80. The zero-order valence-corrected chi connectivity index (χ0v) is 18.2. The number of aromatic nitrogens is 1. The number of nitriles is 1. The summed E-state index contributed by atoms with van der Waals surface area (Å²) in [6.45, 7) is 3.80. The third-order valence-corrected chi connectivity index (χ3v) is 5.64. The monoisotopic (exact) mass is 441 g/mol. The van der Waals surface area contributed by atoms with Crippen molar-refractivity contribution in [2.24, 2.45) is 0 Å². The molecule has 154 valence electrons. The molecule has 0 spiro atoms. The van der Waals surface area contributed by atoms with Crippen LogP contribution in [-0.4, -0.2) is 25.4 Å². The Morgan fingerprint density at radius 3 is 2.43 bits per heavy atom. The van der Waals surface area contributed by atoms with Crippen LogP contribution in [0.5, 0.6) is 0 Å². The number of hydrogen-bond donors (Lipinski definition) is 2.